The molecule has 0 aromatic carbocycles. The molecule has 72 valence electrons. The predicted molar refractivity (Wildman–Crippen MR) is 57.9 cm³/mol. The Balaban J connectivity index is 2.51. The summed E-state index contributed by atoms with van der Waals surface area (Å²) in [4.78, 5) is 2.64. The highest BCUT2D eigenvalue weighted by molar-refractivity contribution is 9.09. The molecule has 1 unspecified atom stereocenters. The van der Waals surface area contributed by atoms with Crippen molar-refractivity contribution < 1.29 is 0 Å². The Morgan fingerprint density at radius 3 is 2.67 bits per heavy atom. The zero-order valence-corrected chi connectivity index (χ0v) is 9.81. The van der Waals surface area contributed by atoms with E-state index in [1.54, 1.807) is 0 Å². The third kappa shape index (κ3) is 2.74. The van der Waals surface area contributed by atoms with Crippen LogP contribution in [-0.2, 0) is 0 Å². The average molecular weight is 234 g/mol. The summed E-state index contributed by atoms with van der Waals surface area (Å²) in [6, 6.07) is 1.50. The van der Waals surface area contributed by atoms with Crippen LogP contribution in [-0.4, -0.2) is 28.9 Å². The van der Waals surface area contributed by atoms with E-state index in [4.69, 9.17) is 0 Å². The lowest BCUT2D eigenvalue weighted by molar-refractivity contribution is 0.172. The number of rotatable bonds is 2. The fourth-order valence-corrected chi connectivity index (χ4v) is 2.74. The molecule has 0 aliphatic carbocycles. The molecule has 1 nitrogen and oxygen atoms in total. The van der Waals surface area contributed by atoms with Gasteiger partial charge in [0.25, 0.3) is 0 Å². The Kier molecular flexibility index (Phi) is 4.59. The van der Waals surface area contributed by atoms with Crippen molar-refractivity contribution in [2.45, 2.75) is 51.6 Å². The second-order valence-corrected chi connectivity index (χ2v) is 4.64. The van der Waals surface area contributed by atoms with E-state index in [0.717, 1.165) is 11.4 Å². The predicted octanol–water partition coefficient (Wildman–Crippen LogP) is 3.03. The second kappa shape index (κ2) is 5.23. The molecule has 12 heavy (non-hydrogen) atoms. The van der Waals surface area contributed by atoms with Crippen LogP contribution in [0.1, 0.15) is 39.5 Å². The van der Waals surface area contributed by atoms with Crippen LogP contribution < -0.4 is 0 Å². The number of likely N-dealkylation sites (tertiary alicyclic amines) is 1. The molecule has 1 fully saturated rings. The van der Waals surface area contributed by atoms with Crippen molar-refractivity contribution in [3.8, 4) is 0 Å². The number of alkyl halides is 1. The number of halogens is 1. The molecule has 0 radical (unpaired) electrons. The van der Waals surface area contributed by atoms with Gasteiger partial charge in [-0.05, 0) is 33.2 Å². The van der Waals surface area contributed by atoms with Crippen molar-refractivity contribution in [3.63, 3.8) is 0 Å². The molecular formula is C10H20BrN. The van der Waals surface area contributed by atoms with Gasteiger partial charge in [-0.2, -0.15) is 0 Å². The van der Waals surface area contributed by atoms with Crippen LogP contribution in [0.3, 0.4) is 0 Å². The molecule has 0 amide bonds. The van der Waals surface area contributed by atoms with E-state index in [1.165, 1.54) is 32.2 Å². The normalized spacial score (nSPS) is 27.5. The van der Waals surface area contributed by atoms with E-state index < -0.39 is 0 Å². The van der Waals surface area contributed by atoms with E-state index >= 15 is 0 Å². The van der Waals surface area contributed by atoms with Gasteiger partial charge in [-0.15, -0.1) is 0 Å². The van der Waals surface area contributed by atoms with Crippen LogP contribution in [0.15, 0.2) is 0 Å². The molecule has 1 atom stereocenters. The van der Waals surface area contributed by atoms with Gasteiger partial charge in [-0.1, -0.05) is 28.8 Å². The molecule has 1 rings (SSSR count). The summed E-state index contributed by atoms with van der Waals surface area (Å²) in [5.41, 5.74) is 0. The van der Waals surface area contributed by atoms with Gasteiger partial charge in [0.05, 0.1) is 0 Å². The molecule has 0 N–H and O–H groups in total. The molecule has 1 heterocycles. The molecule has 1 saturated heterocycles. The van der Waals surface area contributed by atoms with Gasteiger partial charge < -0.3 is 0 Å². The van der Waals surface area contributed by atoms with Gasteiger partial charge in [0.1, 0.15) is 0 Å². The number of nitrogens with zero attached hydrogens (tertiary/aromatic N) is 1. The lowest BCUT2D eigenvalue weighted by Crippen LogP contribution is -2.40. The Morgan fingerprint density at radius 1 is 1.33 bits per heavy atom. The molecule has 0 saturated carbocycles. The first kappa shape index (κ1) is 10.5. The summed E-state index contributed by atoms with van der Waals surface area (Å²) in [5, 5.41) is 1.14. The van der Waals surface area contributed by atoms with Gasteiger partial charge >= 0.3 is 0 Å². The third-order valence-corrected chi connectivity index (χ3v) is 3.51. The highest BCUT2D eigenvalue weighted by Crippen LogP contribution is 2.20. The first-order chi connectivity index (χ1) is 5.75. The molecule has 0 bridgehead atoms. The van der Waals surface area contributed by atoms with Gasteiger partial charge in [-0.3, -0.25) is 4.90 Å². The summed E-state index contributed by atoms with van der Waals surface area (Å²) >= 11 is 3.61. The second-order valence-electron chi connectivity index (χ2n) is 3.99. The minimum absolute atomic E-state index is 0.714. The van der Waals surface area contributed by atoms with Crippen LogP contribution in [0.25, 0.3) is 0 Å². The van der Waals surface area contributed by atoms with Gasteiger partial charge in [0, 0.05) is 17.4 Å². The molecule has 0 spiro atoms. The summed E-state index contributed by atoms with van der Waals surface area (Å²) in [5.74, 6) is 0. The van der Waals surface area contributed by atoms with Crippen LogP contribution >= 0.6 is 15.9 Å². The minimum atomic E-state index is 0.714. The standard InChI is InChI=1S/C10H20BrN/c1-9(2)12-7-5-3-4-6-10(12)8-11/h9-10H,3-8H2,1-2H3. The van der Waals surface area contributed by atoms with Gasteiger partial charge in [-0.25, -0.2) is 0 Å². The van der Waals surface area contributed by atoms with Crippen molar-refractivity contribution in [1.82, 2.24) is 4.90 Å². The average Bonchev–Trinajstić information content (AvgIpc) is 2.27. The molecule has 0 aromatic rings. The monoisotopic (exact) mass is 233 g/mol. The van der Waals surface area contributed by atoms with Crippen LogP contribution in [0, 0.1) is 0 Å². The quantitative estimate of drug-likeness (QED) is 0.664. The number of hydrogen-bond acceptors (Lipinski definition) is 1. The minimum Gasteiger partial charge on any atom is -0.297 e. The van der Waals surface area contributed by atoms with Crippen molar-refractivity contribution in [2.75, 3.05) is 11.9 Å². The lowest BCUT2D eigenvalue weighted by Gasteiger charge is -2.32. The van der Waals surface area contributed by atoms with Crippen molar-refractivity contribution in [3.05, 3.63) is 0 Å². The van der Waals surface area contributed by atoms with Gasteiger partial charge in [0.15, 0.2) is 0 Å². The summed E-state index contributed by atoms with van der Waals surface area (Å²) in [7, 11) is 0. The molecular weight excluding hydrogens is 214 g/mol. The topological polar surface area (TPSA) is 3.24 Å². The van der Waals surface area contributed by atoms with Crippen molar-refractivity contribution in [2.24, 2.45) is 0 Å². The summed E-state index contributed by atoms with van der Waals surface area (Å²) < 4.78 is 0. The van der Waals surface area contributed by atoms with E-state index in [1.807, 2.05) is 0 Å². The van der Waals surface area contributed by atoms with Crippen LogP contribution in [0.2, 0.25) is 0 Å². The molecule has 1 aliphatic rings. The Bertz CT molecular complexity index is 125. The summed E-state index contributed by atoms with van der Waals surface area (Å²) in [6.07, 6.45) is 5.61. The van der Waals surface area contributed by atoms with E-state index in [9.17, 15) is 0 Å². The maximum absolute atomic E-state index is 3.61. The molecule has 1 aliphatic heterocycles. The first-order valence-electron chi connectivity index (χ1n) is 5.07. The number of hydrogen-bond donors (Lipinski definition) is 0. The first-order valence-corrected chi connectivity index (χ1v) is 6.19. The third-order valence-electron chi connectivity index (χ3n) is 2.76. The Labute approximate surface area is 84.6 Å². The fraction of sp³-hybridized carbons (Fsp3) is 1.00. The van der Waals surface area contributed by atoms with E-state index in [-0.39, 0.29) is 0 Å². The van der Waals surface area contributed by atoms with E-state index in [0.29, 0.717) is 6.04 Å². The molecule has 2 heteroatoms. The smallest absolute Gasteiger partial charge is 0.0195 e. The lowest BCUT2D eigenvalue weighted by atomic mass is 10.1. The van der Waals surface area contributed by atoms with E-state index in [2.05, 4.69) is 34.7 Å². The zero-order valence-electron chi connectivity index (χ0n) is 8.22. The Morgan fingerprint density at radius 2 is 2.08 bits per heavy atom. The van der Waals surface area contributed by atoms with Crippen LogP contribution in [0.4, 0.5) is 0 Å². The highest BCUT2D eigenvalue weighted by Gasteiger charge is 2.21. The highest BCUT2D eigenvalue weighted by atomic mass is 79.9. The maximum Gasteiger partial charge on any atom is 0.0195 e. The van der Waals surface area contributed by atoms with Crippen molar-refractivity contribution >= 4 is 15.9 Å². The van der Waals surface area contributed by atoms with Gasteiger partial charge in [0.2, 0.25) is 0 Å². The van der Waals surface area contributed by atoms with Crippen LogP contribution in [0.5, 0.6) is 0 Å². The fourth-order valence-electron chi connectivity index (χ4n) is 2.05. The SMILES string of the molecule is CC(C)N1CCCCCC1CBr. The maximum atomic E-state index is 3.61. The summed E-state index contributed by atoms with van der Waals surface area (Å²) in [6.45, 7) is 5.91. The largest absolute Gasteiger partial charge is 0.297 e. The van der Waals surface area contributed by atoms with Crippen molar-refractivity contribution in [1.29, 1.82) is 0 Å². The molecule has 0 aromatic heterocycles. The zero-order chi connectivity index (χ0) is 8.97. The Hall–Kier alpha value is 0.440.